The zero-order chi connectivity index (χ0) is 14.8. The van der Waals surface area contributed by atoms with Crippen LogP contribution >= 0.6 is 0 Å². The first kappa shape index (κ1) is 15.4. The zero-order valence-electron chi connectivity index (χ0n) is 12.8. The van der Waals surface area contributed by atoms with E-state index < -0.39 is 5.60 Å². The molecule has 0 aromatic carbocycles. The summed E-state index contributed by atoms with van der Waals surface area (Å²) in [5, 5.41) is 4.12. The normalized spacial score (nSPS) is 20.9. The maximum absolute atomic E-state index is 6.17. The van der Waals surface area contributed by atoms with Gasteiger partial charge in [0.1, 0.15) is 5.60 Å². The van der Waals surface area contributed by atoms with Crippen molar-refractivity contribution in [2.24, 2.45) is 11.1 Å². The molecule has 2 rings (SSSR count). The van der Waals surface area contributed by atoms with Crippen LogP contribution in [0.5, 0.6) is 0 Å². The number of hydrogen-bond donors (Lipinski definition) is 1. The van der Waals surface area contributed by atoms with E-state index >= 15 is 0 Å². The summed E-state index contributed by atoms with van der Waals surface area (Å²) in [5.74, 6) is 1.07. The lowest BCUT2D eigenvalue weighted by Crippen LogP contribution is -2.38. The molecule has 1 saturated heterocycles. The Morgan fingerprint density at radius 3 is 2.55 bits per heavy atom. The molecule has 2 N–H and O–H groups in total. The molecule has 1 aliphatic heterocycles. The highest BCUT2D eigenvalue weighted by Crippen LogP contribution is 2.36. The highest BCUT2D eigenvalue weighted by molar-refractivity contribution is 5.06. The highest BCUT2D eigenvalue weighted by atomic mass is 16.5. The molecule has 2 heterocycles. The van der Waals surface area contributed by atoms with Gasteiger partial charge >= 0.3 is 0 Å². The molecule has 1 aromatic rings. The maximum atomic E-state index is 6.17. The lowest BCUT2D eigenvalue weighted by Gasteiger charge is -2.33. The molecular formula is C14H25N3O3. The number of aromatic nitrogens is 2. The van der Waals surface area contributed by atoms with E-state index in [9.17, 15) is 0 Å². The second kappa shape index (κ2) is 5.79. The van der Waals surface area contributed by atoms with Gasteiger partial charge in [0.05, 0.1) is 6.04 Å². The Bertz CT molecular complexity index is 428. The van der Waals surface area contributed by atoms with Gasteiger partial charge in [0.15, 0.2) is 0 Å². The Morgan fingerprint density at radius 1 is 1.35 bits per heavy atom. The van der Waals surface area contributed by atoms with Crippen molar-refractivity contribution in [1.82, 2.24) is 10.1 Å². The van der Waals surface area contributed by atoms with Crippen LogP contribution in [-0.2, 0) is 15.1 Å². The minimum absolute atomic E-state index is 0.127. The zero-order valence-corrected chi connectivity index (χ0v) is 12.8. The average molecular weight is 283 g/mol. The molecule has 0 spiro atoms. The summed E-state index contributed by atoms with van der Waals surface area (Å²) in [6, 6.07) is -0.290. The molecular weight excluding hydrogens is 258 g/mol. The molecule has 1 aromatic heterocycles. The summed E-state index contributed by atoms with van der Waals surface area (Å²) in [7, 11) is 0. The minimum atomic E-state index is -0.494. The van der Waals surface area contributed by atoms with Crippen molar-refractivity contribution in [3.63, 3.8) is 0 Å². The Morgan fingerprint density at radius 2 is 2.00 bits per heavy atom. The van der Waals surface area contributed by atoms with Gasteiger partial charge in [0.2, 0.25) is 11.7 Å². The fraction of sp³-hybridized carbons (Fsp3) is 0.857. The van der Waals surface area contributed by atoms with Gasteiger partial charge in [0.25, 0.3) is 0 Å². The summed E-state index contributed by atoms with van der Waals surface area (Å²) in [6.07, 6.45) is 1.48. The van der Waals surface area contributed by atoms with Crippen molar-refractivity contribution in [2.45, 2.75) is 52.2 Å². The van der Waals surface area contributed by atoms with Crippen LogP contribution in [0.15, 0.2) is 4.52 Å². The quantitative estimate of drug-likeness (QED) is 0.911. The third-order valence-electron chi connectivity index (χ3n) is 3.77. The lowest BCUT2D eigenvalue weighted by atomic mass is 9.87. The van der Waals surface area contributed by atoms with E-state index in [1.165, 1.54) is 0 Å². The van der Waals surface area contributed by atoms with Crippen LogP contribution in [0.1, 0.15) is 58.3 Å². The molecule has 1 aliphatic rings. The summed E-state index contributed by atoms with van der Waals surface area (Å²) in [4.78, 5) is 4.51. The van der Waals surface area contributed by atoms with Crippen molar-refractivity contribution in [1.29, 1.82) is 0 Å². The molecule has 0 saturated carbocycles. The van der Waals surface area contributed by atoms with Crippen LogP contribution in [0.4, 0.5) is 0 Å². The van der Waals surface area contributed by atoms with Crippen LogP contribution in [0, 0.1) is 5.41 Å². The maximum Gasteiger partial charge on any atom is 0.244 e. The predicted octanol–water partition coefficient (Wildman–Crippen LogP) is 2.16. The third kappa shape index (κ3) is 3.02. The number of rotatable bonds is 4. The van der Waals surface area contributed by atoms with Crippen LogP contribution in [-0.4, -0.2) is 30.0 Å². The van der Waals surface area contributed by atoms with E-state index in [4.69, 9.17) is 19.7 Å². The average Bonchev–Trinajstić information content (AvgIpc) is 2.88. The fourth-order valence-electron chi connectivity index (χ4n) is 2.33. The molecule has 0 amide bonds. The lowest BCUT2D eigenvalue weighted by molar-refractivity contribution is -0.118. The van der Waals surface area contributed by atoms with Crippen molar-refractivity contribution in [3.05, 3.63) is 11.7 Å². The number of nitrogens with two attached hydrogens (primary N) is 1. The van der Waals surface area contributed by atoms with Gasteiger partial charge in [-0.3, -0.25) is 0 Å². The van der Waals surface area contributed by atoms with Gasteiger partial charge in [-0.05, 0) is 12.3 Å². The van der Waals surface area contributed by atoms with Gasteiger partial charge in [-0.1, -0.05) is 25.9 Å². The summed E-state index contributed by atoms with van der Waals surface area (Å²) < 4.78 is 16.7. The van der Waals surface area contributed by atoms with Gasteiger partial charge in [0, 0.05) is 32.7 Å². The number of hydrogen-bond acceptors (Lipinski definition) is 6. The molecule has 1 unspecified atom stereocenters. The molecule has 0 bridgehead atoms. The van der Waals surface area contributed by atoms with Crippen molar-refractivity contribution >= 4 is 0 Å². The minimum Gasteiger partial charge on any atom is -0.381 e. The standard InChI is InChI=1S/C14H25N3O3/c1-5-19-14(6-8-18-9-7-14)12-16-11(20-17-12)10(15)13(2,3)4/h10H,5-9,15H2,1-4H3. The van der Waals surface area contributed by atoms with Gasteiger partial charge in [-0.25, -0.2) is 0 Å². The van der Waals surface area contributed by atoms with E-state index in [2.05, 4.69) is 10.1 Å². The fourth-order valence-corrected chi connectivity index (χ4v) is 2.33. The first-order valence-corrected chi connectivity index (χ1v) is 7.20. The van der Waals surface area contributed by atoms with Gasteiger partial charge in [-0.15, -0.1) is 0 Å². The van der Waals surface area contributed by atoms with Gasteiger partial charge in [-0.2, -0.15) is 4.98 Å². The van der Waals surface area contributed by atoms with Crippen molar-refractivity contribution < 1.29 is 14.0 Å². The molecule has 1 fully saturated rings. The van der Waals surface area contributed by atoms with E-state index in [1.807, 2.05) is 27.7 Å². The Balaban J connectivity index is 2.25. The highest BCUT2D eigenvalue weighted by Gasteiger charge is 2.41. The summed E-state index contributed by atoms with van der Waals surface area (Å²) in [5.41, 5.74) is 5.55. The Kier molecular flexibility index (Phi) is 4.46. The Labute approximate surface area is 120 Å². The van der Waals surface area contributed by atoms with E-state index in [0.717, 1.165) is 12.8 Å². The largest absolute Gasteiger partial charge is 0.381 e. The van der Waals surface area contributed by atoms with Crippen LogP contribution in [0.25, 0.3) is 0 Å². The van der Waals surface area contributed by atoms with E-state index in [1.54, 1.807) is 0 Å². The second-order valence-corrected chi connectivity index (χ2v) is 6.34. The molecule has 0 aliphatic carbocycles. The smallest absolute Gasteiger partial charge is 0.244 e. The van der Waals surface area contributed by atoms with Crippen molar-refractivity contribution in [2.75, 3.05) is 19.8 Å². The summed E-state index contributed by atoms with van der Waals surface area (Å²) >= 11 is 0. The van der Waals surface area contributed by atoms with Crippen LogP contribution in [0.2, 0.25) is 0 Å². The van der Waals surface area contributed by atoms with Gasteiger partial charge < -0.3 is 19.7 Å². The number of nitrogens with zero attached hydrogens (tertiary/aromatic N) is 2. The third-order valence-corrected chi connectivity index (χ3v) is 3.77. The first-order valence-electron chi connectivity index (χ1n) is 7.20. The molecule has 6 nitrogen and oxygen atoms in total. The SMILES string of the molecule is CCOC1(c2noc(C(N)C(C)(C)C)n2)CCOCC1. The molecule has 0 radical (unpaired) electrons. The first-order chi connectivity index (χ1) is 9.39. The monoisotopic (exact) mass is 283 g/mol. The van der Waals surface area contributed by atoms with E-state index in [0.29, 0.717) is 31.5 Å². The predicted molar refractivity (Wildman–Crippen MR) is 74.0 cm³/mol. The van der Waals surface area contributed by atoms with Crippen LogP contribution < -0.4 is 5.73 Å². The van der Waals surface area contributed by atoms with Crippen molar-refractivity contribution in [3.8, 4) is 0 Å². The molecule has 20 heavy (non-hydrogen) atoms. The number of ether oxygens (including phenoxy) is 2. The summed E-state index contributed by atoms with van der Waals surface area (Å²) in [6.45, 7) is 10.0. The molecule has 1 atom stereocenters. The second-order valence-electron chi connectivity index (χ2n) is 6.34. The molecule has 114 valence electrons. The van der Waals surface area contributed by atoms with Crippen LogP contribution in [0.3, 0.4) is 0 Å². The van der Waals surface area contributed by atoms with E-state index in [-0.39, 0.29) is 11.5 Å². The topological polar surface area (TPSA) is 83.4 Å². The Hall–Kier alpha value is -0.980. The molecule has 6 heteroatoms.